The van der Waals surface area contributed by atoms with Crippen molar-refractivity contribution in [2.24, 2.45) is 5.73 Å². The minimum Gasteiger partial charge on any atom is -0.493 e. The zero-order valence-electron chi connectivity index (χ0n) is 11.3. The Bertz CT molecular complexity index is 408. The summed E-state index contributed by atoms with van der Waals surface area (Å²) in [6.07, 6.45) is 3.92. The van der Waals surface area contributed by atoms with E-state index in [4.69, 9.17) is 10.5 Å². The molecule has 1 saturated carbocycles. The van der Waals surface area contributed by atoms with E-state index in [0.717, 1.165) is 0 Å². The van der Waals surface area contributed by atoms with Crippen molar-refractivity contribution < 1.29 is 9.13 Å². The van der Waals surface area contributed by atoms with Crippen molar-refractivity contribution in [2.75, 3.05) is 7.11 Å². The third-order valence-corrected chi connectivity index (χ3v) is 3.72. The van der Waals surface area contributed by atoms with Crippen molar-refractivity contribution >= 4 is 0 Å². The summed E-state index contributed by atoms with van der Waals surface area (Å²) in [6.45, 7) is 3.99. The van der Waals surface area contributed by atoms with Crippen molar-refractivity contribution in [1.29, 1.82) is 0 Å². The van der Waals surface area contributed by atoms with Crippen LogP contribution in [0.15, 0.2) is 6.20 Å². The third kappa shape index (κ3) is 2.23. The number of hydrogen-bond donors (Lipinski definition) is 1. The van der Waals surface area contributed by atoms with Gasteiger partial charge in [0, 0.05) is 12.1 Å². The van der Waals surface area contributed by atoms with E-state index in [1.807, 2.05) is 13.8 Å². The maximum atomic E-state index is 15.2. The molecule has 2 N–H and O–H groups in total. The normalized spacial score (nSPS) is 28.7. The molecule has 0 atom stereocenters. The molecule has 0 amide bonds. The van der Waals surface area contributed by atoms with Gasteiger partial charge < -0.3 is 10.5 Å². The number of methoxy groups -OCH3 is 1. The lowest BCUT2D eigenvalue weighted by atomic mass is 9.81. The minimum atomic E-state index is -1.36. The predicted octanol–water partition coefficient (Wildman–Crippen LogP) is 2.54. The number of aromatic nitrogens is 2. The monoisotopic (exact) mass is 255 g/mol. The maximum Gasteiger partial charge on any atom is 0.163 e. The molecule has 1 aromatic heterocycles. The van der Waals surface area contributed by atoms with Gasteiger partial charge >= 0.3 is 0 Å². The molecule has 5 heteroatoms. The first-order chi connectivity index (χ1) is 8.48. The van der Waals surface area contributed by atoms with Crippen LogP contribution in [0.5, 0.6) is 5.75 Å². The van der Waals surface area contributed by atoms with Gasteiger partial charge in [-0.15, -0.1) is 0 Å². The SMILES string of the molecule is COc1cnn(C(C)C)c1C1(F)CCC(N)CC1. The van der Waals surface area contributed by atoms with Gasteiger partial charge in [0.15, 0.2) is 11.4 Å². The van der Waals surface area contributed by atoms with Gasteiger partial charge in [0.2, 0.25) is 0 Å². The first kappa shape index (κ1) is 13.3. The highest BCUT2D eigenvalue weighted by molar-refractivity contribution is 5.32. The molecular weight excluding hydrogens is 233 g/mol. The van der Waals surface area contributed by atoms with Gasteiger partial charge in [-0.3, -0.25) is 4.68 Å². The number of nitrogens with zero attached hydrogens (tertiary/aromatic N) is 2. The third-order valence-electron chi connectivity index (χ3n) is 3.72. The summed E-state index contributed by atoms with van der Waals surface area (Å²) in [6, 6.07) is 0.238. The second kappa shape index (κ2) is 4.88. The number of hydrogen-bond acceptors (Lipinski definition) is 3. The summed E-state index contributed by atoms with van der Waals surface area (Å²) in [5.74, 6) is 0.543. The van der Waals surface area contributed by atoms with E-state index in [1.165, 1.54) is 0 Å². The van der Waals surface area contributed by atoms with E-state index < -0.39 is 5.67 Å². The predicted molar refractivity (Wildman–Crippen MR) is 68.4 cm³/mol. The van der Waals surface area contributed by atoms with E-state index in [2.05, 4.69) is 5.10 Å². The molecule has 1 fully saturated rings. The highest BCUT2D eigenvalue weighted by Gasteiger charge is 2.41. The Morgan fingerprint density at radius 1 is 1.50 bits per heavy atom. The van der Waals surface area contributed by atoms with Gasteiger partial charge in [0.05, 0.1) is 13.3 Å². The van der Waals surface area contributed by atoms with Gasteiger partial charge in [-0.25, -0.2) is 4.39 Å². The van der Waals surface area contributed by atoms with Crippen LogP contribution in [0, 0.1) is 0 Å². The summed E-state index contributed by atoms with van der Waals surface area (Å²) in [5, 5.41) is 4.25. The molecule has 0 bridgehead atoms. The second-order valence-electron chi connectivity index (χ2n) is 5.40. The van der Waals surface area contributed by atoms with Crippen LogP contribution in [0.3, 0.4) is 0 Å². The molecule has 4 nitrogen and oxygen atoms in total. The van der Waals surface area contributed by atoms with Crippen LogP contribution in [0.1, 0.15) is 51.3 Å². The quantitative estimate of drug-likeness (QED) is 0.903. The lowest BCUT2D eigenvalue weighted by Gasteiger charge is -2.33. The zero-order valence-corrected chi connectivity index (χ0v) is 11.3. The Hall–Kier alpha value is -1.10. The molecular formula is C13H22FN3O. The molecule has 0 unspecified atom stereocenters. The molecule has 0 saturated heterocycles. The Labute approximate surface area is 107 Å². The van der Waals surface area contributed by atoms with Crippen LogP contribution < -0.4 is 10.5 Å². The van der Waals surface area contributed by atoms with E-state index in [1.54, 1.807) is 18.0 Å². The van der Waals surface area contributed by atoms with Crippen LogP contribution in [0.25, 0.3) is 0 Å². The highest BCUT2D eigenvalue weighted by atomic mass is 19.1. The molecule has 0 aliphatic heterocycles. The smallest absolute Gasteiger partial charge is 0.163 e. The van der Waals surface area contributed by atoms with Crippen molar-refractivity contribution in [2.45, 2.75) is 57.3 Å². The van der Waals surface area contributed by atoms with Crippen LogP contribution in [-0.4, -0.2) is 22.9 Å². The number of nitrogens with two attached hydrogens (primary N) is 1. The topological polar surface area (TPSA) is 53.1 Å². The molecule has 1 aliphatic rings. The van der Waals surface area contributed by atoms with E-state index in [0.29, 0.717) is 37.1 Å². The molecule has 2 rings (SSSR count). The largest absolute Gasteiger partial charge is 0.493 e. The van der Waals surface area contributed by atoms with Gasteiger partial charge in [0.25, 0.3) is 0 Å². The Kier molecular flexibility index (Phi) is 3.61. The number of halogens is 1. The number of ether oxygens (including phenoxy) is 1. The second-order valence-corrected chi connectivity index (χ2v) is 5.40. The van der Waals surface area contributed by atoms with E-state index in [9.17, 15) is 0 Å². The fourth-order valence-corrected chi connectivity index (χ4v) is 2.65. The van der Waals surface area contributed by atoms with Gasteiger partial charge in [0.1, 0.15) is 5.69 Å². The fraction of sp³-hybridized carbons (Fsp3) is 0.769. The molecule has 0 radical (unpaired) electrons. The van der Waals surface area contributed by atoms with Gasteiger partial charge in [-0.2, -0.15) is 5.10 Å². The van der Waals surface area contributed by atoms with Crippen LogP contribution >= 0.6 is 0 Å². The van der Waals surface area contributed by atoms with Crippen molar-refractivity contribution in [3.63, 3.8) is 0 Å². The molecule has 0 spiro atoms. The molecule has 1 heterocycles. The summed E-state index contributed by atoms with van der Waals surface area (Å²) in [5.41, 5.74) is 5.07. The van der Waals surface area contributed by atoms with Gasteiger partial charge in [-0.05, 0) is 39.5 Å². The van der Waals surface area contributed by atoms with Gasteiger partial charge in [-0.1, -0.05) is 0 Å². The standard InChI is InChI=1S/C13H22FN3O/c1-9(2)17-12(11(18-3)8-16-17)13(14)6-4-10(15)5-7-13/h8-10H,4-7,15H2,1-3H3. The molecule has 102 valence electrons. The van der Waals surface area contributed by atoms with E-state index >= 15 is 4.39 Å². The van der Waals surface area contributed by atoms with E-state index in [-0.39, 0.29) is 12.1 Å². The van der Waals surface area contributed by atoms with Crippen molar-refractivity contribution in [3.05, 3.63) is 11.9 Å². The van der Waals surface area contributed by atoms with Crippen molar-refractivity contribution in [1.82, 2.24) is 9.78 Å². The summed E-state index contributed by atoms with van der Waals surface area (Å²) >= 11 is 0. The molecule has 18 heavy (non-hydrogen) atoms. The summed E-state index contributed by atoms with van der Waals surface area (Å²) in [7, 11) is 1.56. The zero-order chi connectivity index (χ0) is 13.3. The van der Waals surface area contributed by atoms with Crippen LogP contribution in [-0.2, 0) is 5.67 Å². The van der Waals surface area contributed by atoms with Crippen LogP contribution in [0.4, 0.5) is 4.39 Å². The Balaban J connectivity index is 2.39. The highest BCUT2D eigenvalue weighted by Crippen LogP contribution is 2.44. The maximum absolute atomic E-state index is 15.2. The number of rotatable bonds is 3. The molecule has 0 aromatic carbocycles. The number of alkyl halides is 1. The molecule has 1 aliphatic carbocycles. The van der Waals surface area contributed by atoms with Crippen molar-refractivity contribution in [3.8, 4) is 5.75 Å². The molecule has 1 aromatic rings. The Morgan fingerprint density at radius 3 is 2.61 bits per heavy atom. The average molecular weight is 255 g/mol. The summed E-state index contributed by atoms with van der Waals surface area (Å²) in [4.78, 5) is 0. The lowest BCUT2D eigenvalue weighted by molar-refractivity contribution is 0.0821. The minimum absolute atomic E-state index is 0.118. The first-order valence-electron chi connectivity index (χ1n) is 6.54. The fourth-order valence-electron chi connectivity index (χ4n) is 2.65. The Morgan fingerprint density at radius 2 is 2.11 bits per heavy atom. The first-order valence-corrected chi connectivity index (χ1v) is 6.54. The lowest BCUT2D eigenvalue weighted by Crippen LogP contribution is -2.36. The van der Waals surface area contributed by atoms with Crippen LogP contribution in [0.2, 0.25) is 0 Å². The average Bonchev–Trinajstić information content (AvgIpc) is 2.78. The summed E-state index contributed by atoms with van der Waals surface area (Å²) < 4.78 is 22.2.